The third-order valence-corrected chi connectivity index (χ3v) is 14.8. The highest BCUT2D eigenvalue weighted by Crippen LogP contribution is 2.26. The Labute approximate surface area is 453 Å². The molecule has 1 saturated heterocycles. The number of hydrogen-bond acceptors (Lipinski definition) is 10. The van der Waals surface area contributed by atoms with E-state index in [-0.39, 0.29) is 13.0 Å². The average Bonchev–Trinajstić information content (AvgIpc) is 3.40. The van der Waals surface area contributed by atoms with Crippen molar-refractivity contribution in [2.75, 3.05) is 13.2 Å². The van der Waals surface area contributed by atoms with Crippen molar-refractivity contribution in [1.29, 1.82) is 0 Å². The van der Waals surface area contributed by atoms with E-state index in [0.29, 0.717) is 19.3 Å². The van der Waals surface area contributed by atoms with Gasteiger partial charge in [0, 0.05) is 6.42 Å². The van der Waals surface area contributed by atoms with Crippen molar-refractivity contribution in [1.82, 2.24) is 5.32 Å². The monoisotopic (exact) mass is 1050 g/mol. The zero-order valence-electron chi connectivity index (χ0n) is 48.0. The molecule has 0 aliphatic carbocycles. The molecule has 1 fully saturated rings. The fourth-order valence-corrected chi connectivity index (χ4v) is 9.80. The highest BCUT2D eigenvalue weighted by molar-refractivity contribution is 5.80. The molecular formula is C63H117NO10. The molecule has 1 aliphatic rings. The lowest BCUT2D eigenvalue weighted by molar-refractivity contribution is -0.305. The van der Waals surface area contributed by atoms with Gasteiger partial charge in [0.2, 0.25) is 5.91 Å². The Balaban J connectivity index is 2.59. The van der Waals surface area contributed by atoms with E-state index in [1.807, 2.05) is 6.08 Å². The van der Waals surface area contributed by atoms with Crippen molar-refractivity contribution in [3.05, 3.63) is 36.5 Å². The van der Waals surface area contributed by atoms with Crippen LogP contribution in [0.5, 0.6) is 0 Å². The molecule has 11 heteroatoms. The van der Waals surface area contributed by atoms with Crippen molar-refractivity contribution >= 4 is 11.9 Å². The third-order valence-electron chi connectivity index (χ3n) is 14.8. The topological polar surface area (TPSA) is 175 Å². The lowest BCUT2D eigenvalue weighted by atomic mass is 9.99. The molecule has 8 atom stereocenters. The van der Waals surface area contributed by atoms with Crippen LogP contribution in [0.2, 0.25) is 0 Å². The van der Waals surface area contributed by atoms with Gasteiger partial charge in [-0.05, 0) is 57.8 Å². The van der Waals surface area contributed by atoms with Crippen LogP contribution in [0.4, 0.5) is 0 Å². The maximum Gasteiger partial charge on any atom is 0.306 e. The second-order valence-electron chi connectivity index (χ2n) is 21.8. The van der Waals surface area contributed by atoms with Crippen LogP contribution in [0.15, 0.2) is 36.5 Å². The molecule has 1 heterocycles. The van der Waals surface area contributed by atoms with Gasteiger partial charge in [0.05, 0.1) is 25.4 Å². The summed E-state index contributed by atoms with van der Waals surface area (Å²) < 4.78 is 17.6. The maximum atomic E-state index is 13.3. The molecule has 74 heavy (non-hydrogen) atoms. The number of aliphatic hydroxyl groups is 5. The number of rotatable bonds is 53. The van der Waals surface area contributed by atoms with Crippen molar-refractivity contribution in [2.45, 2.75) is 339 Å². The number of aliphatic hydroxyl groups excluding tert-OH is 5. The number of amides is 1. The lowest BCUT2D eigenvalue weighted by Crippen LogP contribution is -2.61. The van der Waals surface area contributed by atoms with E-state index >= 15 is 0 Å². The summed E-state index contributed by atoms with van der Waals surface area (Å²) in [4.78, 5) is 26.5. The van der Waals surface area contributed by atoms with Crippen LogP contribution in [0.25, 0.3) is 0 Å². The molecule has 0 aromatic carbocycles. The van der Waals surface area contributed by atoms with Crippen LogP contribution in [0.3, 0.4) is 0 Å². The second kappa shape index (κ2) is 51.6. The summed E-state index contributed by atoms with van der Waals surface area (Å²) in [6.07, 6.45) is 50.5. The van der Waals surface area contributed by atoms with Crippen molar-refractivity contribution < 1.29 is 49.3 Å². The summed E-state index contributed by atoms with van der Waals surface area (Å²) in [6.45, 7) is 5.76. The Bertz CT molecular complexity index is 1340. The van der Waals surface area contributed by atoms with Gasteiger partial charge in [-0.2, -0.15) is 0 Å². The van der Waals surface area contributed by atoms with Crippen LogP contribution in [-0.2, 0) is 23.8 Å². The number of allylic oxidation sites excluding steroid dienone is 5. The van der Waals surface area contributed by atoms with E-state index in [1.165, 1.54) is 180 Å². The first-order valence-electron chi connectivity index (χ1n) is 31.3. The van der Waals surface area contributed by atoms with Gasteiger partial charge in [0.25, 0.3) is 0 Å². The Morgan fingerprint density at radius 1 is 0.527 bits per heavy atom. The molecular weight excluding hydrogens is 931 g/mol. The SMILES string of the molecule is CCCCC/C=C\C/C=C\CCCCCCCCCCCCCCCC(=O)OC1C(OCC(NC(=O)C(O)CCCCCCCCCCCC)C(O)/C=C/CCCCCCCCCCCC)OC(CO)C(O)C1O. The minimum Gasteiger partial charge on any atom is -0.454 e. The predicted molar refractivity (Wildman–Crippen MR) is 306 cm³/mol. The normalized spacial score (nSPS) is 19.5. The molecule has 0 aromatic heterocycles. The molecule has 1 aliphatic heterocycles. The minimum absolute atomic E-state index is 0.125. The molecule has 434 valence electrons. The van der Waals surface area contributed by atoms with E-state index in [4.69, 9.17) is 14.2 Å². The van der Waals surface area contributed by atoms with Crippen LogP contribution in [-0.4, -0.2) is 99.6 Å². The summed E-state index contributed by atoms with van der Waals surface area (Å²) in [5, 5.41) is 56.8. The number of esters is 1. The Kier molecular flexibility index (Phi) is 48.8. The van der Waals surface area contributed by atoms with E-state index in [9.17, 15) is 35.1 Å². The first kappa shape index (κ1) is 69.9. The Morgan fingerprint density at radius 3 is 1.41 bits per heavy atom. The van der Waals surface area contributed by atoms with Gasteiger partial charge in [0.1, 0.15) is 24.4 Å². The number of ether oxygens (including phenoxy) is 3. The third kappa shape index (κ3) is 39.3. The van der Waals surface area contributed by atoms with Gasteiger partial charge in [-0.1, -0.05) is 263 Å². The molecule has 8 unspecified atom stereocenters. The molecule has 1 amide bonds. The van der Waals surface area contributed by atoms with Crippen LogP contribution in [0, 0.1) is 0 Å². The zero-order valence-corrected chi connectivity index (χ0v) is 48.0. The highest BCUT2D eigenvalue weighted by Gasteiger charge is 2.47. The molecule has 1 rings (SSSR count). The fourth-order valence-electron chi connectivity index (χ4n) is 9.80. The summed E-state index contributed by atoms with van der Waals surface area (Å²) >= 11 is 0. The molecule has 0 aromatic rings. The number of nitrogens with one attached hydrogen (secondary N) is 1. The zero-order chi connectivity index (χ0) is 54.0. The van der Waals surface area contributed by atoms with E-state index in [0.717, 1.165) is 64.2 Å². The predicted octanol–water partition coefficient (Wildman–Crippen LogP) is 14.7. The van der Waals surface area contributed by atoms with Crippen molar-refractivity contribution in [3.63, 3.8) is 0 Å². The molecule has 11 nitrogen and oxygen atoms in total. The Hall–Kier alpha value is -2.12. The van der Waals surface area contributed by atoms with E-state index in [2.05, 4.69) is 50.4 Å². The molecule has 6 N–H and O–H groups in total. The molecule has 0 saturated carbocycles. The van der Waals surface area contributed by atoms with Gasteiger partial charge in [-0.15, -0.1) is 0 Å². The average molecular weight is 1050 g/mol. The van der Waals surface area contributed by atoms with Gasteiger partial charge >= 0.3 is 5.97 Å². The van der Waals surface area contributed by atoms with Gasteiger partial charge < -0.3 is 45.1 Å². The summed E-state index contributed by atoms with van der Waals surface area (Å²) in [5.74, 6) is -1.19. The maximum absolute atomic E-state index is 13.3. The summed E-state index contributed by atoms with van der Waals surface area (Å²) in [6, 6.07) is -1.02. The van der Waals surface area contributed by atoms with Crippen LogP contribution >= 0.6 is 0 Å². The standard InChI is InChI=1S/C63H117NO10/c1-4-7-10-13-16-19-22-24-25-26-27-28-29-30-31-32-33-34-36-39-42-45-48-51-58(68)74-61-60(70)59(69)57(52-65)73-63(61)72-53-54(55(66)49-46-43-40-38-35-23-20-17-14-11-8-5-2)64-62(71)56(67)50-47-44-41-37-21-18-15-12-9-6-3/h16,19,24-25,46,49,54-57,59-61,63,65-67,69-70H,4-15,17-18,20-23,26-45,47-48,50-53H2,1-3H3,(H,64,71)/b19-16-,25-24-,49-46+. The Morgan fingerprint density at radius 2 is 0.932 bits per heavy atom. The van der Waals surface area contributed by atoms with E-state index < -0.39 is 67.4 Å². The molecule has 0 radical (unpaired) electrons. The highest BCUT2D eigenvalue weighted by atomic mass is 16.7. The number of carbonyl (C=O) groups excluding carboxylic acids is 2. The summed E-state index contributed by atoms with van der Waals surface area (Å²) in [5.41, 5.74) is 0. The van der Waals surface area contributed by atoms with Gasteiger partial charge in [-0.3, -0.25) is 9.59 Å². The quantitative estimate of drug-likeness (QED) is 0.0195. The van der Waals surface area contributed by atoms with Gasteiger partial charge in [-0.25, -0.2) is 0 Å². The number of carbonyl (C=O) groups is 2. The molecule has 0 spiro atoms. The number of unbranched alkanes of at least 4 members (excludes halogenated alkanes) is 35. The van der Waals surface area contributed by atoms with Gasteiger partial charge in [0.15, 0.2) is 12.4 Å². The van der Waals surface area contributed by atoms with Crippen LogP contribution in [0.1, 0.15) is 290 Å². The van der Waals surface area contributed by atoms with Crippen LogP contribution < -0.4 is 5.32 Å². The van der Waals surface area contributed by atoms with E-state index in [1.54, 1.807) is 6.08 Å². The smallest absolute Gasteiger partial charge is 0.306 e. The first-order chi connectivity index (χ1) is 36.2. The molecule has 0 bridgehead atoms. The first-order valence-corrected chi connectivity index (χ1v) is 31.3. The minimum atomic E-state index is -1.61. The van der Waals surface area contributed by atoms with Crippen molar-refractivity contribution in [3.8, 4) is 0 Å². The second-order valence-corrected chi connectivity index (χ2v) is 21.8. The van der Waals surface area contributed by atoms with Crippen molar-refractivity contribution in [2.24, 2.45) is 0 Å². The summed E-state index contributed by atoms with van der Waals surface area (Å²) in [7, 11) is 0. The lowest BCUT2D eigenvalue weighted by Gasteiger charge is -2.41. The fraction of sp³-hybridized carbons (Fsp3) is 0.873. The number of hydrogen-bond donors (Lipinski definition) is 6. The largest absolute Gasteiger partial charge is 0.454 e.